The van der Waals surface area contributed by atoms with Gasteiger partial charge in [-0.15, -0.1) is 0 Å². The molecule has 1 saturated heterocycles. The smallest absolute Gasteiger partial charge is 0.339 e. The number of amides is 4. The number of furan rings is 1. The third kappa shape index (κ3) is 3.39. The van der Waals surface area contributed by atoms with E-state index in [-0.39, 0.29) is 17.9 Å². The quantitative estimate of drug-likeness (QED) is 0.584. The van der Waals surface area contributed by atoms with Gasteiger partial charge in [-0.3, -0.25) is 14.9 Å². The first-order chi connectivity index (χ1) is 12.7. The van der Waals surface area contributed by atoms with Crippen LogP contribution in [0.4, 0.5) is 4.79 Å². The number of imide groups is 1. The van der Waals surface area contributed by atoms with Crippen molar-refractivity contribution in [1.82, 2.24) is 16.0 Å². The predicted molar refractivity (Wildman–Crippen MR) is 92.0 cm³/mol. The maximum absolute atomic E-state index is 12.3. The van der Waals surface area contributed by atoms with Crippen LogP contribution in [0.3, 0.4) is 0 Å². The Bertz CT molecular complexity index is 947. The monoisotopic (exact) mass is 371 g/mol. The molecule has 140 valence electrons. The summed E-state index contributed by atoms with van der Waals surface area (Å²) < 4.78 is 5.30. The lowest BCUT2D eigenvalue weighted by Crippen LogP contribution is -2.40. The van der Waals surface area contributed by atoms with Crippen LogP contribution in [-0.2, 0) is 16.9 Å². The molecule has 2 heterocycles. The van der Waals surface area contributed by atoms with Crippen molar-refractivity contribution in [3.05, 3.63) is 58.5 Å². The summed E-state index contributed by atoms with van der Waals surface area (Å²) in [5.41, 5.74) is -0.261. The van der Waals surface area contributed by atoms with Gasteiger partial charge in [-0.2, -0.15) is 0 Å². The maximum atomic E-state index is 12.3. The van der Waals surface area contributed by atoms with Crippen LogP contribution in [-0.4, -0.2) is 28.9 Å². The van der Waals surface area contributed by atoms with Gasteiger partial charge >= 0.3 is 12.0 Å². The van der Waals surface area contributed by atoms with E-state index >= 15 is 0 Å². The van der Waals surface area contributed by atoms with Crippen LogP contribution in [0.2, 0.25) is 0 Å². The Hall–Kier alpha value is -3.62. The van der Waals surface area contributed by atoms with Gasteiger partial charge in [-0.05, 0) is 37.6 Å². The number of carbonyl (C=O) groups is 4. The molecule has 0 spiro atoms. The summed E-state index contributed by atoms with van der Waals surface area (Å²) in [7, 11) is 0. The second-order valence-electron chi connectivity index (χ2n) is 6.28. The van der Waals surface area contributed by atoms with Crippen molar-refractivity contribution in [2.75, 3.05) is 0 Å². The average molecular weight is 371 g/mol. The summed E-state index contributed by atoms with van der Waals surface area (Å²) in [5, 5.41) is 16.4. The molecule has 0 saturated carbocycles. The molecule has 1 aliphatic heterocycles. The van der Waals surface area contributed by atoms with E-state index in [0.29, 0.717) is 16.9 Å². The van der Waals surface area contributed by atoms with Crippen molar-refractivity contribution >= 4 is 23.8 Å². The fourth-order valence-corrected chi connectivity index (χ4v) is 2.81. The number of aromatic carboxylic acids is 1. The molecule has 3 rings (SSSR count). The molecule has 1 aromatic carbocycles. The predicted octanol–water partition coefficient (Wildman–Crippen LogP) is 1.27. The van der Waals surface area contributed by atoms with Gasteiger partial charge in [0.05, 0.1) is 6.54 Å². The molecule has 1 unspecified atom stereocenters. The number of rotatable bonds is 5. The highest BCUT2D eigenvalue weighted by atomic mass is 16.4. The molecule has 4 amide bonds. The highest BCUT2D eigenvalue weighted by Crippen LogP contribution is 2.24. The number of urea groups is 1. The van der Waals surface area contributed by atoms with Crippen LogP contribution < -0.4 is 16.0 Å². The van der Waals surface area contributed by atoms with Gasteiger partial charge in [0.1, 0.15) is 22.6 Å². The van der Waals surface area contributed by atoms with Gasteiger partial charge in [0.2, 0.25) is 0 Å². The third-order valence-electron chi connectivity index (χ3n) is 4.39. The summed E-state index contributed by atoms with van der Waals surface area (Å²) in [5.74, 6) is -1.36. The van der Waals surface area contributed by atoms with Crippen LogP contribution in [0.15, 0.2) is 34.7 Å². The molecule has 1 aromatic heterocycles. The number of hydrogen-bond acceptors (Lipinski definition) is 5. The molecule has 1 fully saturated rings. The zero-order valence-corrected chi connectivity index (χ0v) is 14.6. The fourth-order valence-electron chi connectivity index (χ4n) is 2.81. The Morgan fingerprint density at radius 2 is 1.89 bits per heavy atom. The second kappa shape index (κ2) is 6.60. The first kappa shape index (κ1) is 18.2. The summed E-state index contributed by atoms with van der Waals surface area (Å²) in [4.78, 5) is 46.5. The Labute approximate surface area is 153 Å². The van der Waals surface area contributed by atoms with Crippen LogP contribution in [0.25, 0.3) is 0 Å². The van der Waals surface area contributed by atoms with E-state index in [1.54, 1.807) is 19.1 Å². The first-order valence-electron chi connectivity index (χ1n) is 8.05. The van der Waals surface area contributed by atoms with E-state index in [2.05, 4.69) is 16.0 Å². The summed E-state index contributed by atoms with van der Waals surface area (Å²) in [6.07, 6.45) is 0. The van der Waals surface area contributed by atoms with Crippen molar-refractivity contribution in [3.63, 3.8) is 0 Å². The standard InChI is InChI=1S/C18H17N3O6/c1-9-13(15(23)24)7-12(27-9)8-19-14(22)10-3-5-11(6-4-10)18(2)16(25)20-17(26)21-18/h3-7H,8H2,1-2H3,(H,19,22)(H,23,24)(H2,20,21,25,26). The van der Waals surface area contributed by atoms with Crippen molar-refractivity contribution in [1.29, 1.82) is 0 Å². The zero-order valence-electron chi connectivity index (χ0n) is 14.6. The van der Waals surface area contributed by atoms with Crippen LogP contribution >= 0.6 is 0 Å². The SMILES string of the molecule is Cc1oc(CNC(=O)c2ccc(C3(C)NC(=O)NC3=O)cc2)cc1C(=O)O. The minimum Gasteiger partial charge on any atom is -0.478 e. The van der Waals surface area contributed by atoms with E-state index in [1.807, 2.05) is 0 Å². The van der Waals surface area contributed by atoms with Gasteiger partial charge in [-0.1, -0.05) is 12.1 Å². The Morgan fingerprint density at radius 1 is 1.22 bits per heavy atom. The molecular formula is C18H17N3O6. The summed E-state index contributed by atoms with van der Waals surface area (Å²) >= 11 is 0. The Kier molecular flexibility index (Phi) is 4.44. The van der Waals surface area contributed by atoms with Gasteiger partial charge in [-0.25, -0.2) is 9.59 Å². The van der Waals surface area contributed by atoms with Gasteiger partial charge in [0, 0.05) is 5.56 Å². The largest absolute Gasteiger partial charge is 0.478 e. The van der Waals surface area contributed by atoms with Crippen molar-refractivity contribution in [2.24, 2.45) is 0 Å². The minimum atomic E-state index is -1.19. The molecule has 9 nitrogen and oxygen atoms in total. The molecular weight excluding hydrogens is 354 g/mol. The molecule has 1 atom stereocenters. The minimum absolute atomic E-state index is 0.0326. The van der Waals surface area contributed by atoms with Gasteiger partial charge in [0.15, 0.2) is 0 Å². The lowest BCUT2D eigenvalue weighted by molar-refractivity contribution is -0.123. The van der Waals surface area contributed by atoms with Crippen molar-refractivity contribution < 1.29 is 28.7 Å². The van der Waals surface area contributed by atoms with Crippen LogP contribution in [0.5, 0.6) is 0 Å². The molecule has 1 aliphatic rings. The summed E-state index contributed by atoms with van der Waals surface area (Å²) in [6.45, 7) is 3.14. The first-order valence-corrected chi connectivity index (χ1v) is 8.05. The number of aryl methyl sites for hydroxylation is 1. The number of hydrogen-bond donors (Lipinski definition) is 4. The van der Waals surface area contributed by atoms with Crippen molar-refractivity contribution in [3.8, 4) is 0 Å². The van der Waals surface area contributed by atoms with E-state index < -0.39 is 29.4 Å². The van der Waals surface area contributed by atoms with E-state index in [1.165, 1.54) is 25.1 Å². The molecule has 27 heavy (non-hydrogen) atoms. The normalized spacial score (nSPS) is 18.7. The lowest BCUT2D eigenvalue weighted by atomic mass is 9.91. The van der Waals surface area contributed by atoms with Crippen LogP contribution in [0.1, 0.15) is 44.7 Å². The van der Waals surface area contributed by atoms with Crippen LogP contribution in [0, 0.1) is 6.92 Å². The number of nitrogens with one attached hydrogen (secondary N) is 3. The number of benzene rings is 1. The van der Waals surface area contributed by atoms with Gasteiger partial charge < -0.3 is 20.2 Å². The fraction of sp³-hybridized carbons (Fsp3) is 0.222. The molecule has 0 bridgehead atoms. The Morgan fingerprint density at radius 3 is 2.41 bits per heavy atom. The van der Waals surface area contributed by atoms with Crippen molar-refractivity contribution in [2.45, 2.75) is 25.9 Å². The van der Waals surface area contributed by atoms with E-state index in [9.17, 15) is 19.2 Å². The zero-order chi connectivity index (χ0) is 19.8. The molecule has 4 N–H and O–H groups in total. The molecule has 2 aromatic rings. The lowest BCUT2D eigenvalue weighted by Gasteiger charge is -2.21. The average Bonchev–Trinajstić information content (AvgIpc) is 3.12. The molecule has 0 aliphatic carbocycles. The van der Waals surface area contributed by atoms with E-state index in [4.69, 9.17) is 9.52 Å². The third-order valence-corrected chi connectivity index (χ3v) is 4.39. The number of carbonyl (C=O) groups excluding carboxylic acids is 3. The maximum Gasteiger partial charge on any atom is 0.339 e. The number of carboxylic acid groups (broad SMARTS) is 1. The highest BCUT2D eigenvalue weighted by molar-refractivity contribution is 6.07. The molecule has 0 radical (unpaired) electrons. The summed E-state index contributed by atoms with van der Waals surface area (Å²) in [6, 6.07) is 7.02. The van der Waals surface area contributed by atoms with Gasteiger partial charge in [0.25, 0.3) is 11.8 Å². The molecule has 9 heteroatoms. The highest BCUT2D eigenvalue weighted by Gasteiger charge is 2.43. The topological polar surface area (TPSA) is 138 Å². The second-order valence-corrected chi connectivity index (χ2v) is 6.28. The Balaban J connectivity index is 1.68. The number of carboxylic acids is 1. The van der Waals surface area contributed by atoms with E-state index in [0.717, 1.165) is 0 Å².